The molecule has 0 spiro atoms. The number of ether oxygens (including phenoxy) is 1. The van der Waals surface area contributed by atoms with Gasteiger partial charge in [-0.1, -0.05) is 27.7 Å². The first-order valence-electron chi connectivity index (χ1n) is 8.56. The highest BCUT2D eigenvalue weighted by molar-refractivity contribution is 6.00. The minimum absolute atomic E-state index is 0.112. The summed E-state index contributed by atoms with van der Waals surface area (Å²) >= 11 is 0. The van der Waals surface area contributed by atoms with Gasteiger partial charge in [0.2, 0.25) is 0 Å². The summed E-state index contributed by atoms with van der Waals surface area (Å²) in [4.78, 5) is 15.1. The SMILES string of the molecule is CCOc1ccc(C(=O)C(C)N(CC(C)C)CC(C)C)cc1N. The third kappa shape index (κ3) is 5.87. The van der Waals surface area contributed by atoms with Crippen LogP contribution < -0.4 is 10.5 Å². The highest BCUT2D eigenvalue weighted by atomic mass is 16.5. The molecule has 0 aromatic heterocycles. The van der Waals surface area contributed by atoms with Crippen LogP contribution in [0.1, 0.15) is 51.9 Å². The number of hydrogen-bond donors (Lipinski definition) is 1. The van der Waals surface area contributed by atoms with Crippen molar-refractivity contribution in [1.82, 2.24) is 4.90 Å². The second kappa shape index (κ2) is 8.92. The summed E-state index contributed by atoms with van der Waals surface area (Å²) < 4.78 is 5.44. The van der Waals surface area contributed by atoms with Crippen LogP contribution in [0.25, 0.3) is 0 Å². The molecule has 130 valence electrons. The van der Waals surface area contributed by atoms with Gasteiger partial charge in [0, 0.05) is 18.7 Å². The summed E-state index contributed by atoms with van der Waals surface area (Å²) in [7, 11) is 0. The van der Waals surface area contributed by atoms with Gasteiger partial charge in [-0.2, -0.15) is 0 Å². The zero-order valence-electron chi connectivity index (χ0n) is 15.4. The molecule has 2 N–H and O–H groups in total. The van der Waals surface area contributed by atoms with E-state index in [4.69, 9.17) is 10.5 Å². The number of nitrogens with zero attached hydrogens (tertiary/aromatic N) is 1. The molecule has 0 saturated heterocycles. The molecule has 0 aliphatic heterocycles. The average molecular weight is 320 g/mol. The normalized spacial score (nSPS) is 12.9. The molecular weight excluding hydrogens is 288 g/mol. The lowest BCUT2D eigenvalue weighted by Crippen LogP contribution is -2.43. The van der Waals surface area contributed by atoms with Crippen molar-refractivity contribution in [3.63, 3.8) is 0 Å². The predicted molar refractivity (Wildman–Crippen MR) is 97.1 cm³/mol. The van der Waals surface area contributed by atoms with Crippen LogP contribution in [0, 0.1) is 11.8 Å². The van der Waals surface area contributed by atoms with Gasteiger partial charge in [0.05, 0.1) is 18.3 Å². The molecule has 0 fully saturated rings. The Hall–Kier alpha value is -1.55. The van der Waals surface area contributed by atoms with Gasteiger partial charge in [0.1, 0.15) is 5.75 Å². The molecule has 0 heterocycles. The minimum atomic E-state index is -0.155. The number of carbonyl (C=O) groups is 1. The summed E-state index contributed by atoms with van der Waals surface area (Å²) in [5, 5.41) is 0. The van der Waals surface area contributed by atoms with Crippen molar-refractivity contribution < 1.29 is 9.53 Å². The fraction of sp³-hybridized carbons (Fsp3) is 0.632. The fourth-order valence-corrected chi connectivity index (χ4v) is 2.72. The van der Waals surface area contributed by atoms with E-state index in [9.17, 15) is 4.79 Å². The molecule has 1 atom stereocenters. The number of nitrogen functional groups attached to an aromatic ring is 1. The van der Waals surface area contributed by atoms with Gasteiger partial charge < -0.3 is 10.5 Å². The molecule has 0 saturated carbocycles. The van der Waals surface area contributed by atoms with E-state index in [2.05, 4.69) is 32.6 Å². The van der Waals surface area contributed by atoms with Crippen LogP contribution in [0.4, 0.5) is 5.69 Å². The molecule has 1 rings (SSSR count). The third-order valence-electron chi connectivity index (χ3n) is 3.72. The first kappa shape index (κ1) is 19.5. The van der Waals surface area contributed by atoms with Crippen LogP contribution in [0.5, 0.6) is 5.75 Å². The number of hydrogen-bond acceptors (Lipinski definition) is 4. The van der Waals surface area contributed by atoms with Crippen molar-refractivity contribution >= 4 is 11.5 Å². The number of ketones is 1. The molecular formula is C19H32N2O2. The van der Waals surface area contributed by atoms with Gasteiger partial charge in [-0.3, -0.25) is 9.69 Å². The maximum absolute atomic E-state index is 12.8. The molecule has 1 aromatic carbocycles. The first-order chi connectivity index (χ1) is 10.8. The van der Waals surface area contributed by atoms with Crippen molar-refractivity contribution in [2.75, 3.05) is 25.4 Å². The number of Topliss-reactive ketones (excluding diaryl/α,β-unsaturated/α-hetero) is 1. The van der Waals surface area contributed by atoms with Gasteiger partial charge in [0.25, 0.3) is 0 Å². The summed E-state index contributed by atoms with van der Waals surface area (Å²) in [5.74, 6) is 1.79. The highest BCUT2D eigenvalue weighted by Gasteiger charge is 2.24. The second-order valence-corrected chi connectivity index (χ2v) is 6.97. The van der Waals surface area contributed by atoms with Gasteiger partial charge in [0.15, 0.2) is 5.78 Å². The molecule has 1 unspecified atom stereocenters. The van der Waals surface area contributed by atoms with Crippen molar-refractivity contribution in [3.05, 3.63) is 23.8 Å². The van der Waals surface area contributed by atoms with E-state index in [0.29, 0.717) is 35.4 Å². The molecule has 0 bridgehead atoms. The number of nitrogens with two attached hydrogens (primary N) is 1. The molecule has 4 heteroatoms. The molecule has 4 nitrogen and oxygen atoms in total. The quantitative estimate of drug-likeness (QED) is 0.554. The molecule has 1 aromatic rings. The van der Waals surface area contributed by atoms with E-state index in [0.717, 1.165) is 13.1 Å². The van der Waals surface area contributed by atoms with Crippen molar-refractivity contribution in [2.24, 2.45) is 11.8 Å². The van der Waals surface area contributed by atoms with E-state index in [1.54, 1.807) is 12.1 Å². The maximum atomic E-state index is 12.8. The van der Waals surface area contributed by atoms with Crippen LogP contribution in [0.15, 0.2) is 18.2 Å². The minimum Gasteiger partial charge on any atom is -0.492 e. The monoisotopic (exact) mass is 320 g/mol. The van der Waals surface area contributed by atoms with Crippen molar-refractivity contribution in [1.29, 1.82) is 0 Å². The van der Waals surface area contributed by atoms with E-state index in [1.807, 2.05) is 19.9 Å². The summed E-state index contributed by atoms with van der Waals surface area (Å²) in [6, 6.07) is 5.17. The molecule has 0 aliphatic rings. The van der Waals surface area contributed by atoms with Crippen LogP contribution in [-0.4, -0.2) is 36.4 Å². The number of benzene rings is 1. The van der Waals surface area contributed by atoms with Gasteiger partial charge >= 0.3 is 0 Å². The van der Waals surface area contributed by atoms with E-state index in [-0.39, 0.29) is 11.8 Å². The zero-order valence-corrected chi connectivity index (χ0v) is 15.4. The molecule has 0 radical (unpaired) electrons. The number of anilines is 1. The van der Waals surface area contributed by atoms with E-state index in [1.165, 1.54) is 0 Å². The fourth-order valence-electron chi connectivity index (χ4n) is 2.72. The van der Waals surface area contributed by atoms with E-state index >= 15 is 0 Å². The first-order valence-corrected chi connectivity index (χ1v) is 8.56. The average Bonchev–Trinajstić information content (AvgIpc) is 2.46. The molecule has 23 heavy (non-hydrogen) atoms. The predicted octanol–water partition coefficient (Wildman–Crippen LogP) is 3.85. The highest BCUT2D eigenvalue weighted by Crippen LogP contribution is 2.24. The zero-order chi connectivity index (χ0) is 17.6. The lowest BCUT2D eigenvalue weighted by molar-refractivity contribution is 0.0801. The Morgan fingerprint density at radius 2 is 1.70 bits per heavy atom. The molecule has 0 amide bonds. The van der Waals surface area contributed by atoms with Crippen LogP contribution in [0.2, 0.25) is 0 Å². The Kier molecular flexibility index (Phi) is 7.56. The van der Waals surface area contributed by atoms with E-state index < -0.39 is 0 Å². The Morgan fingerprint density at radius 1 is 1.13 bits per heavy atom. The van der Waals surface area contributed by atoms with Crippen molar-refractivity contribution in [3.8, 4) is 5.75 Å². The second-order valence-electron chi connectivity index (χ2n) is 6.97. The Bertz CT molecular complexity index is 502. The van der Waals surface area contributed by atoms with Crippen LogP contribution in [-0.2, 0) is 0 Å². The topological polar surface area (TPSA) is 55.6 Å². The summed E-state index contributed by atoms with van der Waals surface area (Å²) in [6.07, 6.45) is 0. The summed E-state index contributed by atoms with van der Waals surface area (Å²) in [5.41, 5.74) is 7.16. The van der Waals surface area contributed by atoms with Crippen molar-refractivity contribution in [2.45, 2.75) is 47.6 Å². The maximum Gasteiger partial charge on any atom is 0.179 e. The Balaban J connectivity index is 2.93. The standard InChI is InChI=1S/C19H32N2O2/c1-7-23-18-9-8-16(10-17(18)20)19(22)15(6)21(11-13(2)3)12-14(4)5/h8-10,13-15H,7,11-12,20H2,1-6H3. The van der Waals surface area contributed by atoms with Gasteiger partial charge in [-0.25, -0.2) is 0 Å². The Morgan fingerprint density at radius 3 is 2.13 bits per heavy atom. The summed E-state index contributed by atoms with van der Waals surface area (Å²) in [6.45, 7) is 15.0. The number of rotatable bonds is 9. The van der Waals surface area contributed by atoms with Crippen LogP contribution in [0.3, 0.4) is 0 Å². The Labute approximate surface area is 141 Å². The number of carbonyl (C=O) groups excluding carboxylic acids is 1. The smallest absolute Gasteiger partial charge is 0.179 e. The molecule has 0 aliphatic carbocycles. The lowest BCUT2D eigenvalue weighted by Gasteiger charge is -2.31. The largest absolute Gasteiger partial charge is 0.492 e. The lowest BCUT2D eigenvalue weighted by atomic mass is 10.0. The van der Waals surface area contributed by atoms with Crippen LogP contribution >= 0.6 is 0 Å². The third-order valence-corrected chi connectivity index (χ3v) is 3.72. The van der Waals surface area contributed by atoms with Gasteiger partial charge in [-0.05, 0) is 43.9 Å². The van der Waals surface area contributed by atoms with Gasteiger partial charge in [-0.15, -0.1) is 0 Å².